The molecule has 1 aliphatic heterocycles. The summed E-state index contributed by atoms with van der Waals surface area (Å²) in [5.74, 6) is 0.00781. The van der Waals surface area contributed by atoms with Crippen LogP contribution in [0.25, 0.3) is 6.08 Å². The molecule has 0 radical (unpaired) electrons. The van der Waals surface area contributed by atoms with E-state index in [1.807, 2.05) is 24.3 Å². The molecule has 0 saturated carbocycles. The highest BCUT2D eigenvalue weighted by Crippen LogP contribution is 2.22. The van der Waals surface area contributed by atoms with Crippen molar-refractivity contribution in [1.29, 1.82) is 0 Å². The second-order valence-electron chi connectivity index (χ2n) is 6.36. The fraction of sp³-hybridized carbons (Fsp3) is 0.286. The Morgan fingerprint density at radius 2 is 1.88 bits per heavy atom. The summed E-state index contributed by atoms with van der Waals surface area (Å²) in [5, 5.41) is 8.96. The zero-order chi connectivity index (χ0) is 17.6. The van der Waals surface area contributed by atoms with E-state index in [9.17, 15) is 4.79 Å². The molecule has 3 rings (SSSR count). The van der Waals surface area contributed by atoms with E-state index in [0.29, 0.717) is 5.56 Å². The van der Waals surface area contributed by atoms with Crippen molar-refractivity contribution in [2.45, 2.75) is 19.4 Å². The molecule has 0 spiro atoms. The fourth-order valence-corrected chi connectivity index (χ4v) is 3.12. The van der Waals surface area contributed by atoms with Crippen LogP contribution in [-0.4, -0.2) is 36.2 Å². The van der Waals surface area contributed by atoms with Crippen molar-refractivity contribution < 1.29 is 14.6 Å². The number of benzene rings is 2. The van der Waals surface area contributed by atoms with Crippen LogP contribution in [0.3, 0.4) is 0 Å². The number of likely N-dealkylation sites (tertiary alicyclic amines) is 1. The molecular weight excluding hydrogens is 314 g/mol. The van der Waals surface area contributed by atoms with Gasteiger partial charge in [0.2, 0.25) is 0 Å². The summed E-state index contributed by atoms with van der Waals surface area (Å²) < 4.78 is 5.28. The van der Waals surface area contributed by atoms with E-state index in [1.54, 1.807) is 19.2 Å². The van der Waals surface area contributed by atoms with Gasteiger partial charge in [0.05, 0.1) is 12.7 Å². The number of carboxylic acid groups (broad SMARTS) is 1. The fourth-order valence-electron chi connectivity index (χ4n) is 3.12. The van der Waals surface area contributed by atoms with Crippen molar-refractivity contribution in [2.75, 3.05) is 20.2 Å². The van der Waals surface area contributed by atoms with E-state index in [-0.39, 0.29) is 0 Å². The van der Waals surface area contributed by atoms with E-state index in [2.05, 4.69) is 23.1 Å². The van der Waals surface area contributed by atoms with E-state index in [4.69, 9.17) is 9.84 Å². The summed E-state index contributed by atoms with van der Waals surface area (Å²) in [6.45, 7) is 2.92. The molecule has 1 N–H and O–H groups in total. The molecule has 2 aromatic carbocycles. The molecule has 0 bridgehead atoms. The molecule has 130 valence electrons. The van der Waals surface area contributed by atoms with Crippen molar-refractivity contribution >= 4 is 12.0 Å². The molecule has 1 saturated heterocycles. The molecule has 25 heavy (non-hydrogen) atoms. The second kappa shape index (κ2) is 7.99. The molecule has 1 fully saturated rings. The Hall–Kier alpha value is -2.59. The molecule has 0 unspecified atom stereocenters. The molecule has 0 amide bonds. The van der Waals surface area contributed by atoms with Crippen LogP contribution in [0, 0.1) is 0 Å². The highest BCUT2D eigenvalue weighted by Gasteiger charge is 2.14. The lowest BCUT2D eigenvalue weighted by molar-refractivity contribution is 0.0697. The average Bonchev–Trinajstić information content (AvgIpc) is 2.64. The van der Waals surface area contributed by atoms with Crippen LogP contribution < -0.4 is 4.74 Å². The quantitative estimate of drug-likeness (QED) is 0.893. The van der Waals surface area contributed by atoms with Gasteiger partial charge >= 0.3 is 5.97 Å². The van der Waals surface area contributed by atoms with Gasteiger partial charge in [-0.05, 0) is 48.2 Å². The third-order valence-electron chi connectivity index (χ3n) is 4.57. The molecule has 4 nitrogen and oxygen atoms in total. The third kappa shape index (κ3) is 4.70. The lowest BCUT2D eigenvalue weighted by Crippen LogP contribution is -2.30. The van der Waals surface area contributed by atoms with E-state index in [0.717, 1.165) is 43.8 Å². The topological polar surface area (TPSA) is 49.8 Å². The van der Waals surface area contributed by atoms with Gasteiger partial charge in [-0.25, -0.2) is 4.79 Å². The minimum absolute atomic E-state index is 0.339. The number of carboxylic acids is 1. The normalized spacial score (nSPS) is 15.0. The predicted molar refractivity (Wildman–Crippen MR) is 98.9 cm³/mol. The number of piperidine rings is 1. The third-order valence-corrected chi connectivity index (χ3v) is 4.57. The molecule has 4 heteroatoms. The molecule has 0 aromatic heterocycles. The smallest absolute Gasteiger partial charge is 0.335 e. The molecule has 1 heterocycles. The van der Waals surface area contributed by atoms with Gasteiger partial charge in [-0.15, -0.1) is 0 Å². The van der Waals surface area contributed by atoms with Crippen molar-refractivity contribution in [2.24, 2.45) is 0 Å². The zero-order valence-electron chi connectivity index (χ0n) is 14.4. The molecule has 2 aromatic rings. The van der Waals surface area contributed by atoms with Crippen LogP contribution in [0.2, 0.25) is 0 Å². The first-order valence-electron chi connectivity index (χ1n) is 8.52. The zero-order valence-corrected chi connectivity index (χ0v) is 14.4. The summed E-state index contributed by atoms with van der Waals surface area (Å²) in [6.07, 6.45) is 4.39. The van der Waals surface area contributed by atoms with Gasteiger partial charge in [0.1, 0.15) is 5.75 Å². The van der Waals surface area contributed by atoms with Gasteiger partial charge in [0.15, 0.2) is 0 Å². The van der Waals surface area contributed by atoms with Gasteiger partial charge in [-0.3, -0.25) is 4.90 Å². The van der Waals surface area contributed by atoms with Gasteiger partial charge in [-0.2, -0.15) is 0 Å². The van der Waals surface area contributed by atoms with Crippen molar-refractivity contribution in [3.05, 3.63) is 70.8 Å². The summed E-state index contributed by atoms with van der Waals surface area (Å²) in [4.78, 5) is 13.3. The summed E-state index contributed by atoms with van der Waals surface area (Å²) in [7, 11) is 1.69. The summed E-state index contributed by atoms with van der Waals surface area (Å²) >= 11 is 0. The van der Waals surface area contributed by atoms with Crippen LogP contribution in [0.15, 0.2) is 54.1 Å². The maximum atomic E-state index is 10.9. The highest BCUT2D eigenvalue weighted by atomic mass is 16.5. The largest absolute Gasteiger partial charge is 0.497 e. The van der Waals surface area contributed by atoms with Gasteiger partial charge < -0.3 is 9.84 Å². The second-order valence-corrected chi connectivity index (χ2v) is 6.36. The Morgan fingerprint density at radius 1 is 1.16 bits per heavy atom. The van der Waals surface area contributed by atoms with E-state index >= 15 is 0 Å². The number of methoxy groups -OCH3 is 1. The molecule has 0 aliphatic carbocycles. The number of ether oxygens (including phenoxy) is 1. The van der Waals surface area contributed by atoms with Gasteiger partial charge in [-0.1, -0.05) is 35.9 Å². The van der Waals surface area contributed by atoms with Crippen LogP contribution in [-0.2, 0) is 6.54 Å². The first-order chi connectivity index (χ1) is 12.1. The van der Waals surface area contributed by atoms with Crippen molar-refractivity contribution in [1.82, 2.24) is 4.90 Å². The van der Waals surface area contributed by atoms with Crippen LogP contribution >= 0.6 is 0 Å². The Labute approximate surface area is 148 Å². The Morgan fingerprint density at radius 3 is 2.52 bits per heavy atom. The average molecular weight is 337 g/mol. The number of hydrogen-bond donors (Lipinski definition) is 1. The van der Waals surface area contributed by atoms with E-state index < -0.39 is 5.97 Å². The van der Waals surface area contributed by atoms with Crippen LogP contribution in [0.4, 0.5) is 0 Å². The highest BCUT2D eigenvalue weighted by molar-refractivity contribution is 5.87. The molecule has 0 atom stereocenters. The number of aromatic carboxylic acids is 1. The van der Waals surface area contributed by atoms with Crippen molar-refractivity contribution in [3.8, 4) is 5.75 Å². The summed E-state index contributed by atoms with van der Waals surface area (Å²) in [6, 6.07) is 15.3. The Balaban J connectivity index is 1.56. The summed E-state index contributed by atoms with van der Waals surface area (Å²) in [5.41, 5.74) is 4.15. The monoisotopic (exact) mass is 337 g/mol. The molecular formula is C21H23NO3. The number of hydrogen-bond acceptors (Lipinski definition) is 3. The van der Waals surface area contributed by atoms with Crippen LogP contribution in [0.1, 0.15) is 34.3 Å². The van der Waals surface area contributed by atoms with Gasteiger partial charge in [0.25, 0.3) is 0 Å². The van der Waals surface area contributed by atoms with Crippen LogP contribution in [0.5, 0.6) is 5.75 Å². The van der Waals surface area contributed by atoms with Crippen molar-refractivity contribution in [3.63, 3.8) is 0 Å². The van der Waals surface area contributed by atoms with Gasteiger partial charge in [0, 0.05) is 19.6 Å². The minimum atomic E-state index is -0.878. The first-order valence-corrected chi connectivity index (χ1v) is 8.52. The molecule has 1 aliphatic rings. The number of carbonyl (C=O) groups is 1. The maximum Gasteiger partial charge on any atom is 0.335 e. The lowest BCUT2D eigenvalue weighted by atomic mass is 10.00. The predicted octanol–water partition coefficient (Wildman–Crippen LogP) is 4.07. The Kier molecular flexibility index (Phi) is 5.51. The number of nitrogens with zero attached hydrogens (tertiary/aromatic N) is 1. The Bertz CT molecular complexity index is 755. The minimum Gasteiger partial charge on any atom is -0.497 e. The number of rotatable bonds is 5. The van der Waals surface area contributed by atoms with E-state index in [1.165, 1.54) is 11.1 Å². The SMILES string of the molecule is COc1cccc(C=C2CCN(Cc3ccc(C(=O)O)cc3)CC2)c1. The maximum absolute atomic E-state index is 10.9. The lowest BCUT2D eigenvalue weighted by Gasteiger charge is -2.28. The first kappa shape index (κ1) is 17.2. The standard InChI is InChI=1S/C21H23NO3/c1-25-20-4-2-3-18(14-20)13-16-9-11-22(12-10-16)15-17-5-7-19(8-6-17)21(23)24/h2-8,13-14H,9-12,15H2,1H3,(H,23,24).